The van der Waals surface area contributed by atoms with E-state index in [0.29, 0.717) is 12.2 Å². The lowest BCUT2D eigenvalue weighted by Crippen LogP contribution is -2.05. The van der Waals surface area contributed by atoms with Crippen LogP contribution < -0.4 is 5.32 Å². The molecule has 0 aromatic carbocycles. The Morgan fingerprint density at radius 3 is 2.24 bits per heavy atom. The molecule has 1 N–H and O–H groups in total. The Balaban J connectivity index is 0. The molecule has 17 heavy (non-hydrogen) atoms. The number of anilines is 1. The van der Waals surface area contributed by atoms with Gasteiger partial charge in [-0.15, -0.1) is 0 Å². The molecule has 0 aliphatic heterocycles. The van der Waals surface area contributed by atoms with Crippen molar-refractivity contribution >= 4 is 11.8 Å². The van der Waals surface area contributed by atoms with E-state index in [9.17, 15) is 4.79 Å². The zero-order chi connectivity index (χ0) is 13.7. The lowest BCUT2D eigenvalue weighted by Gasteiger charge is -2.02. The molecule has 1 heterocycles. The summed E-state index contributed by atoms with van der Waals surface area (Å²) in [5.41, 5.74) is 0.473. The first-order chi connectivity index (χ1) is 8.27. The molecule has 0 radical (unpaired) electrons. The molecule has 0 aliphatic carbocycles. The van der Waals surface area contributed by atoms with Crippen LogP contribution in [0.1, 0.15) is 45.0 Å². The topological polar surface area (TPSA) is 51.2 Å². The highest BCUT2D eigenvalue weighted by molar-refractivity contribution is 5.89. The fraction of sp³-hybridized carbons (Fsp3) is 0.538. The molecule has 0 aliphatic rings. The molecule has 4 heteroatoms. The van der Waals surface area contributed by atoms with Crippen molar-refractivity contribution in [2.75, 3.05) is 19.0 Å². The third kappa shape index (κ3) is 7.33. The highest BCUT2D eigenvalue weighted by Crippen LogP contribution is 2.05. The number of hydrogen-bond donors (Lipinski definition) is 1. The molecule has 1 aromatic rings. The maximum atomic E-state index is 11.2. The van der Waals surface area contributed by atoms with Crippen LogP contribution in [0.3, 0.4) is 0 Å². The molecule has 0 spiro atoms. The second-order valence-corrected chi connectivity index (χ2v) is 2.40. The Hall–Kier alpha value is -1.58. The molecule has 0 saturated heterocycles. The summed E-state index contributed by atoms with van der Waals surface area (Å²) in [6, 6.07) is 3.41. The summed E-state index contributed by atoms with van der Waals surface area (Å²) < 4.78 is 4.80. The van der Waals surface area contributed by atoms with Crippen LogP contribution >= 0.6 is 0 Å². The van der Waals surface area contributed by atoms with Crippen LogP contribution in [0.5, 0.6) is 0 Å². The van der Waals surface area contributed by atoms with Gasteiger partial charge in [-0.3, -0.25) is 0 Å². The lowest BCUT2D eigenvalue weighted by atomic mass is 10.3. The maximum absolute atomic E-state index is 11.2. The minimum absolute atomic E-state index is 0.336. The van der Waals surface area contributed by atoms with Crippen molar-refractivity contribution in [1.29, 1.82) is 0 Å². The molecule has 1 rings (SSSR count). The second kappa shape index (κ2) is 12.5. The number of carbonyl (C=O) groups is 1. The van der Waals surface area contributed by atoms with Crippen LogP contribution in [0.2, 0.25) is 0 Å². The number of ether oxygens (including phenoxy) is 1. The van der Waals surface area contributed by atoms with Gasteiger partial charge in [-0.1, -0.05) is 27.7 Å². The van der Waals surface area contributed by atoms with Crippen molar-refractivity contribution in [2.45, 2.75) is 34.6 Å². The summed E-state index contributed by atoms with van der Waals surface area (Å²) in [7, 11) is 1.77. The summed E-state index contributed by atoms with van der Waals surface area (Å²) in [6.45, 7) is 10.2. The van der Waals surface area contributed by atoms with E-state index in [1.54, 1.807) is 26.1 Å². The first-order valence-electron chi connectivity index (χ1n) is 6.09. The van der Waals surface area contributed by atoms with E-state index < -0.39 is 0 Å². The van der Waals surface area contributed by atoms with Gasteiger partial charge in [-0.05, 0) is 19.1 Å². The van der Waals surface area contributed by atoms with Crippen molar-refractivity contribution in [1.82, 2.24) is 4.98 Å². The SMILES string of the molecule is CC.CC.CCOC(=O)c1ccc(NC)nc1. The normalized spacial score (nSPS) is 7.88. The summed E-state index contributed by atoms with van der Waals surface area (Å²) in [5, 5.41) is 2.86. The smallest absolute Gasteiger partial charge is 0.339 e. The molecule has 0 atom stereocenters. The first-order valence-corrected chi connectivity index (χ1v) is 6.09. The first kappa shape index (κ1) is 17.8. The molecular weight excluding hydrogens is 216 g/mol. The van der Waals surface area contributed by atoms with Crippen LogP contribution in [0, 0.1) is 0 Å². The van der Waals surface area contributed by atoms with E-state index in [1.807, 2.05) is 27.7 Å². The Bertz CT molecular complexity index is 284. The van der Waals surface area contributed by atoms with Crippen molar-refractivity contribution < 1.29 is 9.53 Å². The number of pyridine rings is 1. The van der Waals surface area contributed by atoms with Crippen molar-refractivity contribution in [2.24, 2.45) is 0 Å². The van der Waals surface area contributed by atoms with Crippen molar-refractivity contribution in [3.8, 4) is 0 Å². The highest BCUT2D eigenvalue weighted by Gasteiger charge is 2.05. The molecule has 4 nitrogen and oxygen atoms in total. The third-order valence-electron chi connectivity index (χ3n) is 1.53. The summed E-state index contributed by atoms with van der Waals surface area (Å²) in [6.07, 6.45) is 1.49. The zero-order valence-corrected chi connectivity index (χ0v) is 11.7. The average molecular weight is 240 g/mol. The van der Waals surface area contributed by atoms with Gasteiger partial charge >= 0.3 is 5.97 Å². The largest absolute Gasteiger partial charge is 0.462 e. The Morgan fingerprint density at radius 1 is 1.29 bits per heavy atom. The molecule has 1 aromatic heterocycles. The summed E-state index contributed by atoms with van der Waals surface area (Å²) in [4.78, 5) is 15.2. The highest BCUT2D eigenvalue weighted by atomic mass is 16.5. The molecule has 0 amide bonds. The number of carbonyl (C=O) groups excluding carboxylic acids is 1. The van der Waals surface area contributed by atoms with Gasteiger partial charge in [0.2, 0.25) is 0 Å². The number of esters is 1. The van der Waals surface area contributed by atoms with E-state index in [2.05, 4.69) is 10.3 Å². The van der Waals surface area contributed by atoms with Crippen LogP contribution in [-0.2, 0) is 4.74 Å². The van der Waals surface area contributed by atoms with Gasteiger partial charge in [0, 0.05) is 13.2 Å². The number of nitrogens with zero attached hydrogens (tertiary/aromatic N) is 1. The van der Waals surface area contributed by atoms with Gasteiger partial charge in [0.05, 0.1) is 12.2 Å². The van der Waals surface area contributed by atoms with Gasteiger partial charge in [0.1, 0.15) is 5.82 Å². The van der Waals surface area contributed by atoms with E-state index in [-0.39, 0.29) is 5.97 Å². The minimum atomic E-state index is -0.336. The van der Waals surface area contributed by atoms with Gasteiger partial charge < -0.3 is 10.1 Å². The van der Waals surface area contributed by atoms with Gasteiger partial charge in [-0.25, -0.2) is 9.78 Å². The lowest BCUT2D eigenvalue weighted by molar-refractivity contribution is 0.0526. The Kier molecular flexibility index (Phi) is 13.1. The van der Waals surface area contributed by atoms with E-state index >= 15 is 0 Å². The standard InChI is InChI=1S/C9H12N2O2.2C2H6/c1-3-13-9(12)7-4-5-8(10-2)11-6-7;2*1-2/h4-6H,3H2,1-2H3,(H,10,11);2*1-2H3. The van der Waals surface area contributed by atoms with Crippen LogP contribution in [0.4, 0.5) is 5.82 Å². The van der Waals surface area contributed by atoms with Crippen LogP contribution in [0.15, 0.2) is 18.3 Å². The predicted octanol–water partition coefficient (Wildman–Crippen LogP) is 3.35. The average Bonchev–Trinajstić information content (AvgIpc) is 2.43. The number of hydrogen-bond acceptors (Lipinski definition) is 4. The molecule has 98 valence electrons. The van der Waals surface area contributed by atoms with Gasteiger partial charge in [-0.2, -0.15) is 0 Å². The van der Waals surface area contributed by atoms with Crippen molar-refractivity contribution in [3.63, 3.8) is 0 Å². The molecule has 0 unspecified atom stereocenters. The maximum Gasteiger partial charge on any atom is 0.339 e. The minimum Gasteiger partial charge on any atom is -0.462 e. The molecule has 0 saturated carbocycles. The predicted molar refractivity (Wildman–Crippen MR) is 72.4 cm³/mol. The quantitative estimate of drug-likeness (QED) is 0.823. The zero-order valence-electron chi connectivity index (χ0n) is 11.7. The van der Waals surface area contributed by atoms with E-state index in [4.69, 9.17) is 4.74 Å². The third-order valence-corrected chi connectivity index (χ3v) is 1.53. The monoisotopic (exact) mass is 240 g/mol. The molecular formula is C13H24N2O2. The van der Waals surface area contributed by atoms with Crippen LogP contribution in [-0.4, -0.2) is 24.6 Å². The fourth-order valence-electron chi connectivity index (χ4n) is 0.877. The Labute approximate surface area is 104 Å². The molecule has 0 fully saturated rings. The van der Waals surface area contributed by atoms with Gasteiger partial charge in [0.25, 0.3) is 0 Å². The van der Waals surface area contributed by atoms with Crippen LogP contribution in [0.25, 0.3) is 0 Å². The van der Waals surface area contributed by atoms with E-state index in [0.717, 1.165) is 5.82 Å². The Morgan fingerprint density at radius 2 is 1.88 bits per heavy atom. The molecule has 0 bridgehead atoms. The van der Waals surface area contributed by atoms with E-state index in [1.165, 1.54) is 6.20 Å². The number of rotatable bonds is 3. The summed E-state index contributed by atoms with van der Waals surface area (Å²) in [5.74, 6) is 0.394. The van der Waals surface area contributed by atoms with Crippen molar-refractivity contribution in [3.05, 3.63) is 23.9 Å². The van der Waals surface area contributed by atoms with Gasteiger partial charge in [0.15, 0.2) is 0 Å². The second-order valence-electron chi connectivity index (χ2n) is 2.40. The fourth-order valence-corrected chi connectivity index (χ4v) is 0.877. The number of aromatic nitrogens is 1. The summed E-state index contributed by atoms with van der Waals surface area (Å²) >= 11 is 0. The number of nitrogens with one attached hydrogen (secondary N) is 1.